The Morgan fingerprint density at radius 1 is 1.35 bits per heavy atom. The summed E-state index contributed by atoms with van der Waals surface area (Å²) in [6.45, 7) is 5.67. The van der Waals surface area contributed by atoms with E-state index >= 15 is 0 Å². The topological polar surface area (TPSA) is 38.3 Å². The highest BCUT2D eigenvalue weighted by Crippen LogP contribution is 2.28. The van der Waals surface area contributed by atoms with Crippen LogP contribution in [0.15, 0.2) is 18.2 Å². The molecule has 0 aliphatic heterocycles. The van der Waals surface area contributed by atoms with Gasteiger partial charge in [0.2, 0.25) is 5.91 Å². The lowest BCUT2D eigenvalue weighted by molar-refractivity contribution is -0.117. The lowest BCUT2D eigenvalue weighted by atomic mass is 10.1. The number of rotatable bonds is 4. The molecule has 0 aromatic heterocycles. The molecule has 0 heterocycles. The molecule has 110 valence electrons. The quantitative estimate of drug-likeness (QED) is 0.824. The minimum Gasteiger partial charge on any atom is -0.490 e. The highest BCUT2D eigenvalue weighted by molar-refractivity contribution is 9.10. The summed E-state index contributed by atoms with van der Waals surface area (Å²) in [4.78, 5) is 11.9. The van der Waals surface area contributed by atoms with Crippen molar-refractivity contribution in [3.05, 3.63) is 23.8 Å². The van der Waals surface area contributed by atoms with Crippen molar-refractivity contribution in [3.63, 3.8) is 0 Å². The summed E-state index contributed by atoms with van der Waals surface area (Å²) in [6.07, 6.45) is 5.18. The first-order valence-corrected chi connectivity index (χ1v) is 7.93. The van der Waals surface area contributed by atoms with E-state index in [4.69, 9.17) is 4.74 Å². The Morgan fingerprint density at radius 2 is 2.00 bits per heavy atom. The molecule has 3 nitrogen and oxygen atoms in total. The normalized spacial score (nSPS) is 16.2. The zero-order valence-electron chi connectivity index (χ0n) is 12.3. The van der Waals surface area contributed by atoms with Crippen molar-refractivity contribution in [1.29, 1.82) is 0 Å². The van der Waals surface area contributed by atoms with Crippen molar-refractivity contribution >= 4 is 27.5 Å². The molecule has 4 heteroatoms. The molecule has 1 N–H and O–H groups in total. The number of benzene rings is 1. The third-order valence-corrected chi connectivity index (χ3v) is 3.93. The van der Waals surface area contributed by atoms with E-state index < -0.39 is 4.32 Å². The number of nitrogens with one attached hydrogen (secondary N) is 1. The van der Waals surface area contributed by atoms with Gasteiger partial charge in [0.15, 0.2) is 0 Å². The molecule has 0 bridgehead atoms. The Hall–Kier alpha value is -1.03. The summed E-state index contributed by atoms with van der Waals surface area (Å²) in [6, 6.07) is 5.80. The number of hydrogen-bond donors (Lipinski definition) is 1. The molecule has 20 heavy (non-hydrogen) atoms. The third-order valence-electron chi connectivity index (χ3n) is 3.57. The first-order valence-electron chi connectivity index (χ1n) is 7.14. The van der Waals surface area contributed by atoms with E-state index in [9.17, 15) is 4.79 Å². The molecule has 1 amide bonds. The van der Waals surface area contributed by atoms with Gasteiger partial charge in [0.25, 0.3) is 0 Å². The van der Waals surface area contributed by atoms with E-state index in [2.05, 4.69) is 21.2 Å². The summed E-state index contributed by atoms with van der Waals surface area (Å²) in [5, 5.41) is 2.90. The molecule has 0 atom stereocenters. The predicted octanol–water partition coefficient (Wildman–Crippen LogP) is 4.43. The molecule has 0 radical (unpaired) electrons. The number of halogens is 1. The molecule has 1 aliphatic rings. The monoisotopic (exact) mass is 339 g/mol. The Bertz CT molecular complexity index is 488. The molecular formula is C16H22BrNO2. The van der Waals surface area contributed by atoms with Gasteiger partial charge >= 0.3 is 0 Å². The van der Waals surface area contributed by atoms with Gasteiger partial charge in [0, 0.05) is 5.69 Å². The molecule has 0 unspecified atom stereocenters. The van der Waals surface area contributed by atoms with Gasteiger partial charge in [-0.3, -0.25) is 4.79 Å². The fourth-order valence-corrected chi connectivity index (χ4v) is 2.42. The number of hydrogen-bond acceptors (Lipinski definition) is 2. The Morgan fingerprint density at radius 3 is 2.55 bits per heavy atom. The van der Waals surface area contributed by atoms with Crippen LogP contribution in [0.2, 0.25) is 0 Å². The van der Waals surface area contributed by atoms with Crippen molar-refractivity contribution in [3.8, 4) is 5.75 Å². The second-order valence-corrected chi connectivity index (χ2v) is 7.91. The Balaban J connectivity index is 2.03. The molecule has 1 saturated carbocycles. The van der Waals surface area contributed by atoms with Crippen molar-refractivity contribution in [2.75, 3.05) is 5.32 Å². The molecule has 2 rings (SSSR count). The van der Waals surface area contributed by atoms with Crippen LogP contribution in [0, 0.1) is 6.92 Å². The lowest BCUT2D eigenvalue weighted by Gasteiger charge is -2.18. The van der Waals surface area contributed by atoms with Crippen LogP contribution >= 0.6 is 15.9 Å². The smallest absolute Gasteiger partial charge is 0.240 e. The van der Waals surface area contributed by atoms with Crippen LogP contribution in [-0.4, -0.2) is 16.3 Å². The summed E-state index contributed by atoms with van der Waals surface area (Å²) in [5.74, 6) is 0.870. The lowest BCUT2D eigenvalue weighted by Crippen LogP contribution is -2.30. The minimum absolute atomic E-state index is 0.0543. The summed E-state index contributed by atoms with van der Waals surface area (Å²) in [5.41, 5.74) is 1.86. The van der Waals surface area contributed by atoms with E-state index in [1.807, 2.05) is 39.0 Å². The van der Waals surface area contributed by atoms with Gasteiger partial charge in [0.1, 0.15) is 5.75 Å². The first kappa shape index (κ1) is 15.4. The van der Waals surface area contributed by atoms with Gasteiger partial charge in [-0.2, -0.15) is 0 Å². The summed E-state index contributed by atoms with van der Waals surface area (Å²) in [7, 11) is 0. The van der Waals surface area contributed by atoms with E-state index in [0.29, 0.717) is 6.10 Å². The highest BCUT2D eigenvalue weighted by atomic mass is 79.9. The number of ether oxygens (including phenoxy) is 1. The fraction of sp³-hybridized carbons (Fsp3) is 0.562. The van der Waals surface area contributed by atoms with Crippen molar-refractivity contribution in [2.24, 2.45) is 0 Å². The summed E-state index contributed by atoms with van der Waals surface area (Å²) >= 11 is 3.36. The number of carbonyl (C=O) groups is 1. The number of anilines is 1. The molecule has 1 aromatic rings. The van der Waals surface area contributed by atoms with Gasteiger partial charge in [-0.05, 0) is 70.2 Å². The van der Waals surface area contributed by atoms with Crippen molar-refractivity contribution in [2.45, 2.75) is 56.9 Å². The van der Waals surface area contributed by atoms with Crippen LogP contribution in [0.5, 0.6) is 5.75 Å². The van der Waals surface area contributed by atoms with Crippen LogP contribution < -0.4 is 10.1 Å². The van der Waals surface area contributed by atoms with E-state index in [-0.39, 0.29) is 5.91 Å². The van der Waals surface area contributed by atoms with Gasteiger partial charge in [-0.15, -0.1) is 0 Å². The van der Waals surface area contributed by atoms with Crippen LogP contribution in [0.3, 0.4) is 0 Å². The average molecular weight is 340 g/mol. The second-order valence-electron chi connectivity index (χ2n) is 5.93. The molecule has 0 spiro atoms. The number of aryl methyl sites for hydroxylation is 1. The first-order chi connectivity index (χ1) is 9.36. The zero-order chi connectivity index (χ0) is 14.8. The second kappa shape index (κ2) is 6.17. The number of amides is 1. The third kappa shape index (κ3) is 3.98. The molecule has 0 saturated heterocycles. The molecule has 1 fully saturated rings. The summed E-state index contributed by atoms with van der Waals surface area (Å²) < 4.78 is 5.44. The van der Waals surface area contributed by atoms with Crippen LogP contribution in [0.25, 0.3) is 0 Å². The minimum atomic E-state index is -0.570. The maximum absolute atomic E-state index is 11.9. The molecule has 1 aliphatic carbocycles. The maximum atomic E-state index is 11.9. The van der Waals surface area contributed by atoms with Crippen molar-refractivity contribution < 1.29 is 9.53 Å². The number of alkyl halides is 1. The van der Waals surface area contributed by atoms with Gasteiger partial charge in [0.05, 0.1) is 10.4 Å². The highest BCUT2D eigenvalue weighted by Gasteiger charge is 2.23. The van der Waals surface area contributed by atoms with Gasteiger partial charge in [-0.1, -0.05) is 15.9 Å². The van der Waals surface area contributed by atoms with Crippen molar-refractivity contribution in [1.82, 2.24) is 0 Å². The fourth-order valence-electron chi connectivity index (χ4n) is 2.32. The largest absolute Gasteiger partial charge is 0.490 e. The van der Waals surface area contributed by atoms with E-state index in [1.54, 1.807) is 0 Å². The maximum Gasteiger partial charge on any atom is 0.240 e. The van der Waals surface area contributed by atoms with E-state index in [0.717, 1.165) is 29.8 Å². The van der Waals surface area contributed by atoms with Gasteiger partial charge in [-0.25, -0.2) is 0 Å². The predicted molar refractivity (Wildman–Crippen MR) is 85.7 cm³/mol. The van der Waals surface area contributed by atoms with Gasteiger partial charge < -0.3 is 10.1 Å². The van der Waals surface area contributed by atoms with Crippen LogP contribution in [-0.2, 0) is 4.79 Å². The number of carbonyl (C=O) groups excluding carboxylic acids is 1. The SMILES string of the molecule is Cc1cc(NC(=O)C(C)(C)Br)ccc1OC1CCCC1. The van der Waals surface area contributed by atoms with E-state index in [1.165, 1.54) is 12.8 Å². The average Bonchev–Trinajstić information content (AvgIpc) is 2.84. The zero-order valence-corrected chi connectivity index (χ0v) is 13.9. The van der Waals surface area contributed by atoms with Crippen LogP contribution in [0.4, 0.5) is 5.69 Å². The van der Waals surface area contributed by atoms with Crippen LogP contribution in [0.1, 0.15) is 45.1 Å². The molecular weight excluding hydrogens is 318 g/mol. The Kier molecular flexibility index (Phi) is 4.74. The Labute approximate surface area is 129 Å². The molecule has 1 aromatic carbocycles. The standard InChI is InChI=1S/C16H22BrNO2/c1-11-10-12(18-15(19)16(2,3)17)8-9-14(11)20-13-6-4-5-7-13/h8-10,13H,4-7H2,1-3H3,(H,18,19).